The third kappa shape index (κ3) is 3.03. The summed E-state index contributed by atoms with van der Waals surface area (Å²) in [5.41, 5.74) is 3.89. The molecule has 27 heavy (non-hydrogen) atoms. The molecule has 0 bridgehead atoms. The molecule has 2 aliphatic rings. The van der Waals surface area contributed by atoms with Crippen molar-refractivity contribution >= 4 is 5.91 Å². The highest BCUT2D eigenvalue weighted by Crippen LogP contribution is 2.30. The standard InChI is InChI=1S/C22H22N4O/c27-21-12-19(14-25(21)13-16-6-2-1-3-7-16)22-24-23-20-11-10-17-8-4-5-9-18(17)15-26(20)22/h1-9,19H,10-15H2. The second-order valence-corrected chi connectivity index (χ2v) is 7.49. The van der Waals surface area contributed by atoms with Crippen molar-refractivity contribution in [2.75, 3.05) is 6.54 Å². The molecule has 1 fully saturated rings. The highest BCUT2D eigenvalue weighted by Gasteiger charge is 2.34. The molecule has 0 spiro atoms. The van der Waals surface area contributed by atoms with E-state index in [2.05, 4.69) is 51.2 Å². The van der Waals surface area contributed by atoms with Crippen LogP contribution in [-0.4, -0.2) is 32.1 Å². The maximum atomic E-state index is 12.6. The van der Waals surface area contributed by atoms with Crippen LogP contribution in [0.3, 0.4) is 0 Å². The quantitative estimate of drug-likeness (QED) is 0.723. The molecule has 136 valence electrons. The number of hydrogen-bond donors (Lipinski definition) is 0. The number of benzene rings is 2. The maximum Gasteiger partial charge on any atom is 0.223 e. The monoisotopic (exact) mass is 358 g/mol. The molecule has 1 aromatic heterocycles. The molecule has 1 amide bonds. The van der Waals surface area contributed by atoms with Crippen LogP contribution in [0.4, 0.5) is 0 Å². The van der Waals surface area contributed by atoms with Crippen molar-refractivity contribution in [2.24, 2.45) is 0 Å². The zero-order chi connectivity index (χ0) is 18.2. The van der Waals surface area contributed by atoms with Crippen LogP contribution in [0, 0.1) is 0 Å². The second kappa shape index (κ2) is 6.65. The van der Waals surface area contributed by atoms with Crippen molar-refractivity contribution in [3.8, 4) is 0 Å². The lowest BCUT2D eigenvalue weighted by molar-refractivity contribution is -0.128. The van der Waals surface area contributed by atoms with Gasteiger partial charge < -0.3 is 9.47 Å². The largest absolute Gasteiger partial charge is 0.338 e. The topological polar surface area (TPSA) is 51.0 Å². The number of amides is 1. The fourth-order valence-corrected chi connectivity index (χ4v) is 4.28. The Hall–Kier alpha value is -2.95. The third-order valence-electron chi connectivity index (χ3n) is 5.72. The Balaban J connectivity index is 1.39. The molecule has 1 saturated heterocycles. The first kappa shape index (κ1) is 16.2. The summed E-state index contributed by atoms with van der Waals surface area (Å²) in [5, 5.41) is 8.97. The Morgan fingerprint density at radius 1 is 0.926 bits per heavy atom. The van der Waals surface area contributed by atoms with Crippen molar-refractivity contribution in [2.45, 2.75) is 38.3 Å². The summed E-state index contributed by atoms with van der Waals surface area (Å²) in [5.74, 6) is 2.32. The van der Waals surface area contributed by atoms with Gasteiger partial charge in [-0.25, -0.2) is 0 Å². The normalized spacial score (nSPS) is 18.9. The minimum Gasteiger partial charge on any atom is -0.338 e. The van der Waals surface area contributed by atoms with E-state index in [9.17, 15) is 4.79 Å². The summed E-state index contributed by atoms with van der Waals surface area (Å²) in [6.07, 6.45) is 2.42. The first-order valence-electron chi connectivity index (χ1n) is 9.58. The molecule has 5 heteroatoms. The number of aryl methyl sites for hydroxylation is 2. The first-order chi connectivity index (χ1) is 13.3. The number of carbonyl (C=O) groups excluding carboxylic acids is 1. The zero-order valence-electron chi connectivity index (χ0n) is 15.2. The van der Waals surface area contributed by atoms with Gasteiger partial charge in [-0.3, -0.25) is 4.79 Å². The van der Waals surface area contributed by atoms with Gasteiger partial charge in [-0.2, -0.15) is 0 Å². The van der Waals surface area contributed by atoms with E-state index in [1.54, 1.807) is 0 Å². The highest BCUT2D eigenvalue weighted by atomic mass is 16.2. The van der Waals surface area contributed by atoms with Gasteiger partial charge in [-0.1, -0.05) is 54.6 Å². The Kier molecular flexibility index (Phi) is 4.00. The molecule has 1 unspecified atom stereocenters. The van der Waals surface area contributed by atoms with Crippen molar-refractivity contribution < 1.29 is 4.79 Å². The van der Waals surface area contributed by atoms with Crippen LogP contribution in [0.1, 0.15) is 40.7 Å². The molecular weight excluding hydrogens is 336 g/mol. The Bertz CT molecular complexity index is 979. The van der Waals surface area contributed by atoms with Gasteiger partial charge >= 0.3 is 0 Å². The fourth-order valence-electron chi connectivity index (χ4n) is 4.28. The molecule has 5 nitrogen and oxygen atoms in total. The molecule has 0 N–H and O–H groups in total. The summed E-state index contributed by atoms with van der Waals surface area (Å²) in [6, 6.07) is 18.8. The summed E-state index contributed by atoms with van der Waals surface area (Å²) in [6.45, 7) is 2.19. The van der Waals surface area contributed by atoms with E-state index >= 15 is 0 Å². The van der Waals surface area contributed by atoms with E-state index in [0.717, 1.165) is 31.0 Å². The lowest BCUT2D eigenvalue weighted by Crippen LogP contribution is -2.24. The average molecular weight is 358 g/mol. The van der Waals surface area contributed by atoms with Gasteiger partial charge in [0.2, 0.25) is 5.91 Å². The lowest BCUT2D eigenvalue weighted by Gasteiger charge is -2.17. The number of likely N-dealkylation sites (tertiary alicyclic amines) is 1. The van der Waals surface area contributed by atoms with Crippen molar-refractivity contribution in [3.63, 3.8) is 0 Å². The Morgan fingerprint density at radius 3 is 2.56 bits per heavy atom. The van der Waals surface area contributed by atoms with Crippen LogP contribution in [0.2, 0.25) is 0 Å². The summed E-state index contributed by atoms with van der Waals surface area (Å²) in [7, 11) is 0. The van der Waals surface area contributed by atoms with Gasteiger partial charge in [0.1, 0.15) is 11.6 Å². The van der Waals surface area contributed by atoms with Gasteiger partial charge in [0, 0.05) is 31.8 Å². The van der Waals surface area contributed by atoms with Gasteiger partial charge in [0.25, 0.3) is 0 Å². The van der Waals surface area contributed by atoms with Crippen LogP contribution < -0.4 is 0 Å². The Labute approximate surface area is 158 Å². The van der Waals surface area contributed by atoms with Gasteiger partial charge in [0.15, 0.2) is 0 Å². The molecule has 3 aromatic rings. The van der Waals surface area contributed by atoms with E-state index in [-0.39, 0.29) is 11.8 Å². The van der Waals surface area contributed by atoms with Gasteiger partial charge in [0.05, 0.1) is 6.54 Å². The van der Waals surface area contributed by atoms with Crippen LogP contribution in [0.25, 0.3) is 0 Å². The van der Waals surface area contributed by atoms with E-state index in [1.807, 2.05) is 23.1 Å². The molecule has 2 aliphatic heterocycles. The van der Waals surface area contributed by atoms with E-state index in [0.29, 0.717) is 19.5 Å². The van der Waals surface area contributed by atoms with E-state index in [1.165, 1.54) is 16.7 Å². The number of aromatic nitrogens is 3. The molecule has 0 aliphatic carbocycles. The predicted octanol–water partition coefficient (Wildman–Crippen LogP) is 2.94. The number of rotatable bonds is 3. The number of nitrogens with zero attached hydrogens (tertiary/aromatic N) is 4. The minimum atomic E-state index is 0.118. The van der Waals surface area contributed by atoms with E-state index in [4.69, 9.17) is 0 Å². The first-order valence-corrected chi connectivity index (χ1v) is 9.58. The maximum absolute atomic E-state index is 12.6. The lowest BCUT2D eigenvalue weighted by atomic mass is 10.0. The molecule has 3 heterocycles. The zero-order valence-corrected chi connectivity index (χ0v) is 15.2. The molecule has 2 aromatic carbocycles. The van der Waals surface area contributed by atoms with Crippen LogP contribution in [0.5, 0.6) is 0 Å². The van der Waals surface area contributed by atoms with Crippen molar-refractivity contribution in [1.29, 1.82) is 0 Å². The second-order valence-electron chi connectivity index (χ2n) is 7.49. The third-order valence-corrected chi connectivity index (χ3v) is 5.72. The van der Waals surface area contributed by atoms with Gasteiger partial charge in [-0.15, -0.1) is 10.2 Å². The summed E-state index contributed by atoms with van der Waals surface area (Å²) >= 11 is 0. The fraction of sp³-hybridized carbons (Fsp3) is 0.318. The van der Waals surface area contributed by atoms with Gasteiger partial charge in [-0.05, 0) is 23.1 Å². The van der Waals surface area contributed by atoms with Crippen molar-refractivity contribution in [3.05, 3.63) is 82.9 Å². The summed E-state index contributed by atoms with van der Waals surface area (Å²) < 4.78 is 2.25. The van der Waals surface area contributed by atoms with Crippen LogP contribution >= 0.6 is 0 Å². The molecule has 5 rings (SSSR count). The number of hydrogen-bond acceptors (Lipinski definition) is 3. The average Bonchev–Trinajstić information content (AvgIpc) is 3.19. The number of carbonyl (C=O) groups is 1. The van der Waals surface area contributed by atoms with Crippen molar-refractivity contribution in [1.82, 2.24) is 19.7 Å². The summed E-state index contributed by atoms with van der Waals surface area (Å²) in [4.78, 5) is 14.5. The Morgan fingerprint density at radius 2 is 1.70 bits per heavy atom. The van der Waals surface area contributed by atoms with Crippen LogP contribution in [0.15, 0.2) is 54.6 Å². The molecule has 0 saturated carbocycles. The predicted molar refractivity (Wildman–Crippen MR) is 102 cm³/mol. The SMILES string of the molecule is O=C1CC(c2nnc3n2Cc2ccccc2CC3)CN1Cc1ccccc1. The molecular formula is C22H22N4O. The molecule has 1 atom stereocenters. The smallest absolute Gasteiger partial charge is 0.223 e. The van der Waals surface area contributed by atoms with E-state index < -0.39 is 0 Å². The molecule has 0 radical (unpaired) electrons. The van der Waals surface area contributed by atoms with Crippen LogP contribution in [-0.2, 0) is 30.7 Å². The highest BCUT2D eigenvalue weighted by molar-refractivity contribution is 5.79. The number of fused-ring (bicyclic) bond motifs is 2. The minimum absolute atomic E-state index is 0.118.